The maximum absolute atomic E-state index is 13.5. The van der Waals surface area contributed by atoms with E-state index in [-0.39, 0.29) is 27.8 Å². The topological polar surface area (TPSA) is 126 Å². The molecule has 0 saturated carbocycles. The number of ether oxygens (including phenoxy) is 3. The quantitative estimate of drug-likeness (QED) is 0.481. The van der Waals surface area contributed by atoms with Gasteiger partial charge in [0, 0.05) is 36.7 Å². The lowest BCUT2D eigenvalue weighted by molar-refractivity contribution is -0.129. The molecule has 1 N–H and O–H groups in total. The fourth-order valence-electron chi connectivity index (χ4n) is 4.44. The third kappa shape index (κ3) is 3.65. The second-order valence-electron chi connectivity index (χ2n) is 8.27. The first-order valence-electron chi connectivity index (χ1n) is 10.9. The zero-order valence-electron chi connectivity index (χ0n) is 19.2. The van der Waals surface area contributed by atoms with Crippen LogP contribution in [0.3, 0.4) is 0 Å². The van der Waals surface area contributed by atoms with Crippen molar-refractivity contribution in [3.63, 3.8) is 0 Å². The number of rotatable bonds is 7. The van der Waals surface area contributed by atoms with E-state index in [0.717, 1.165) is 0 Å². The summed E-state index contributed by atoms with van der Waals surface area (Å²) >= 11 is 6.41. The van der Waals surface area contributed by atoms with Gasteiger partial charge in [-0.3, -0.25) is 9.59 Å². The minimum atomic E-state index is -1.71. The van der Waals surface area contributed by atoms with Gasteiger partial charge >= 0.3 is 0 Å². The number of hydrogen-bond donors (Lipinski definition) is 1. The van der Waals surface area contributed by atoms with Gasteiger partial charge in [-0.05, 0) is 18.6 Å². The molecule has 3 heterocycles. The van der Waals surface area contributed by atoms with Gasteiger partial charge in [0.25, 0.3) is 0 Å². The molecule has 0 fully saturated rings. The number of nitrogens with zero attached hydrogens (tertiary/aromatic N) is 2. The van der Waals surface area contributed by atoms with E-state index in [0.29, 0.717) is 42.6 Å². The van der Waals surface area contributed by atoms with Crippen LogP contribution < -0.4 is 19.5 Å². The number of methoxy groups -OCH3 is 2. The van der Waals surface area contributed by atoms with Gasteiger partial charge in [-0.2, -0.15) is 4.98 Å². The molecule has 1 spiro atoms. The van der Waals surface area contributed by atoms with Crippen LogP contribution in [0.4, 0.5) is 0 Å². The highest BCUT2D eigenvalue weighted by Crippen LogP contribution is 2.52. The van der Waals surface area contributed by atoms with Gasteiger partial charge in [-0.1, -0.05) is 23.7 Å². The molecule has 1 aliphatic carbocycles. The lowest BCUT2D eigenvalue weighted by Crippen LogP contribution is -2.55. The number of carbonyl (C=O) groups excluding carboxylic acids is 2. The number of halogens is 1. The monoisotopic (exact) mass is 499 g/mol. The molecule has 3 aromatic rings. The molecular formula is C24H22ClN3O7. The van der Waals surface area contributed by atoms with E-state index in [1.54, 1.807) is 19.1 Å². The average Bonchev–Trinajstić information content (AvgIpc) is 3.59. The van der Waals surface area contributed by atoms with Crippen LogP contribution in [0.5, 0.6) is 17.2 Å². The molecule has 10 nitrogen and oxygen atoms in total. The van der Waals surface area contributed by atoms with Crippen molar-refractivity contribution in [2.45, 2.75) is 25.4 Å². The van der Waals surface area contributed by atoms with E-state index in [1.165, 1.54) is 32.6 Å². The standard InChI is InChI=1S/C24H22ClN3O7/c1-12-9-13(26-7-6-18-27-23(28-35-18)14-5-4-8-33-14)10-17(29)24(12)22(30)19-15(31-2)11-16(32-3)20(25)21(19)34-24/h4-5,8,10-12,26H,6-7,9H2,1-3H3/t12-,24+/m1/s1. The molecule has 11 heteroatoms. The summed E-state index contributed by atoms with van der Waals surface area (Å²) in [5, 5.41) is 7.24. The Kier molecular flexibility index (Phi) is 5.76. The largest absolute Gasteiger partial charge is 0.496 e. The molecule has 35 heavy (non-hydrogen) atoms. The summed E-state index contributed by atoms with van der Waals surface area (Å²) in [5.74, 6) is 0.537. The Bertz CT molecular complexity index is 1330. The number of furan rings is 1. The highest BCUT2D eigenvalue weighted by atomic mass is 35.5. The van der Waals surface area contributed by atoms with Crippen LogP contribution in [-0.4, -0.2) is 48.1 Å². The number of allylic oxidation sites excluding steroid dienone is 1. The summed E-state index contributed by atoms with van der Waals surface area (Å²) in [4.78, 5) is 31.1. The summed E-state index contributed by atoms with van der Waals surface area (Å²) in [5.41, 5.74) is -0.879. The number of nitrogens with one attached hydrogen (secondary N) is 1. The van der Waals surface area contributed by atoms with Crippen molar-refractivity contribution in [1.82, 2.24) is 15.5 Å². The smallest absolute Gasteiger partial charge is 0.238 e. The SMILES string of the molecule is COc1cc(OC)c2c(c1Cl)O[C@@]1(C(=O)C=C(NCCc3nc(-c4ccco4)no3)C[C@H]1C)C2=O. The second-order valence-corrected chi connectivity index (χ2v) is 8.65. The molecule has 0 radical (unpaired) electrons. The van der Waals surface area contributed by atoms with Crippen molar-refractivity contribution in [1.29, 1.82) is 0 Å². The van der Waals surface area contributed by atoms with Crippen molar-refractivity contribution in [2.24, 2.45) is 5.92 Å². The Hall–Kier alpha value is -3.79. The maximum atomic E-state index is 13.5. The normalized spacial score (nSPS) is 21.0. The Morgan fingerprint density at radius 1 is 1.26 bits per heavy atom. The van der Waals surface area contributed by atoms with Crippen LogP contribution in [-0.2, 0) is 11.2 Å². The average molecular weight is 500 g/mol. The van der Waals surface area contributed by atoms with E-state index < -0.39 is 23.1 Å². The molecule has 2 aliphatic rings. The van der Waals surface area contributed by atoms with Gasteiger partial charge < -0.3 is 28.5 Å². The maximum Gasteiger partial charge on any atom is 0.238 e. The van der Waals surface area contributed by atoms with Crippen LogP contribution in [0.25, 0.3) is 11.6 Å². The lowest BCUT2D eigenvalue weighted by atomic mass is 9.74. The van der Waals surface area contributed by atoms with E-state index in [9.17, 15) is 9.59 Å². The molecule has 0 unspecified atom stereocenters. The molecule has 2 aromatic heterocycles. The van der Waals surface area contributed by atoms with Crippen molar-refractivity contribution in [3.05, 3.63) is 52.7 Å². The summed E-state index contributed by atoms with van der Waals surface area (Å²) in [7, 11) is 2.87. The van der Waals surface area contributed by atoms with Crippen LogP contribution in [0, 0.1) is 5.92 Å². The first-order chi connectivity index (χ1) is 16.9. The summed E-state index contributed by atoms with van der Waals surface area (Å²) < 4.78 is 27.2. The van der Waals surface area contributed by atoms with E-state index in [4.69, 9.17) is 34.8 Å². The first kappa shape index (κ1) is 23.0. The Balaban J connectivity index is 1.32. The fourth-order valence-corrected chi connectivity index (χ4v) is 4.71. The third-order valence-electron chi connectivity index (χ3n) is 6.21. The fraction of sp³-hybridized carbons (Fsp3) is 0.333. The molecule has 0 saturated heterocycles. The third-order valence-corrected chi connectivity index (χ3v) is 6.57. The van der Waals surface area contributed by atoms with Gasteiger partial charge in [0.15, 0.2) is 11.5 Å². The van der Waals surface area contributed by atoms with Crippen LogP contribution >= 0.6 is 11.6 Å². The zero-order chi connectivity index (χ0) is 24.7. The number of hydrogen-bond acceptors (Lipinski definition) is 10. The predicted molar refractivity (Wildman–Crippen MR) is 123 cm³/mol. The first-order valence-corrected chi connectivity index (χ1v) is 11.3. The molecule has 0 bridgehead atoms. The van der Waals surface area contributed by atoms with Crippen molar-refractivity contribution in [2.75, 3.05) is 20.8 Å². The van der Waals surface area contributed by atoms with Gasteiger partial charge in [-0.25, -0.2) is 0 Å². The second kappa shape index (κ2) is 8.77. The zero-order valence-corrected chi connectivity index (χ0v) is 20.0. The van der Waals surface area contributed by atoms with E-state index in [1.807, 2.05) is 0 Å². The molecular weight excluding hydrogens is 478 g/mol. The van der Waals surface area contributed by atoms with Gasteiger partial charge in [0.05, 0.1) is 20.5 Å². The number of fused-ring (bicyclic) bond motifs is 1. The molecule has 5 rings (SSSR count). The number of carbonyl (C=O) groups is 2. The van der Waals surface area contributed by atoms with Crippen molar-refractivity contribution < 1.29 is 32.7 Å². The summed E-state index contributed by atoms with van der Waals surface area (Å²) in [6.45, 7) is 2.24. The molecule has 2 atom stereocenters. The number of ketones is 2. The number of Topliss-reactive ketones (excluding diaryl/α,β-unsaturated/α-hetero) is 1. The highest BCUT2D eigenvalue weighted by Gasteiger charge is 2.60. The minimum Gasteiger partial charge on any atom is -0.496 e. The van der Waals surface area contributed by atoms with Crippen LogP contribution in [0.1, 0.15) is 29.6 Å². The van der Waals surface area contributed by atoms with E-state index >= 15 is 0 Å². The van der Waals surface area contributed by atoms with Crippen molar-refractivity contribution in [3.8, 4) is 28.8 Å². The van der Waals surface area contributed by atoms with Gasteiger partial charge in [0.1, 0.15) is 22.1 Å². The number of aromatic nitrogens is 2. The predicted octanol–water partition coefficient (Wildman–Crippen LogP) is 3.64. The molecule has 0 amide bonds. The van der Waals surface area contributed by atoms with Gasteiger partial charge in [0.2, 0.25) is 28.9 Å². The Morgan fingerprint density at radius 3 is 2.74 bits per heavy atom. The molecule has 1 aliphatic heterocycles. The van der Waals surface area contributed by atoms with Crippen LogP contribution in [0.2, 0.25) is 5.02 Å². The summed E-state index contributed by atoms with van der Waals surface area (Å²) in [6, 6.07) is 4.99. The Morgan fingerprint density at radius 2 is 2.06 bits per heavy atom. The minimum absolute atomic E-state index is 0.0987. The van der Waals surface area contributed by atoms with Gasteiger partial charge in [-0.15, -0.1) is 0 Å². The van der Waals surface area contributed by atoms with Crippen LogP contribution in [0.15, 0.2) is 45.2 Å². The summed E-state index contributed by atoms with van der Waals surface area (Å²) in [6.07, 6.45) is 3.78. The molecule has 182 valence electrons. The highest BCUT2D eigenvalue weighted by molar-refractivity contribution is 6.36. The van der Waals surface area contributed by atoms with Crippen molar-refractivity contribution >= 4 is 23.2 Å². The molecule has 1 aromatic carbocycles. The Labute approximate surface area is 205 Å². The number of benzene rings is 1. The van der Waals surface area contributed by atoms with E-state index in [2.05, 4.69) is 15.5 Å². The lowest BCUT2D eigenvalue weighted by Gasteiger charge is -2.35.